The molecule has 2 rings (SSSR count). The average molecular weight is 234 g/mol. The number of anilines is 1. The van der Waals surface area contributed by atoms with Crippen LogP contribution in [-0.4, -0.2) is 29.5 Å². The van der Waals surface area contributed by atoms with Crippen molar-refractivity contribution in [1.29, 1.82) is 0 Å². The summed E-state index contributed by atoms with van der Waals surface area (Å²) in [5.41, 5.74) is 7.21. The van der Waals surface area contributed by atoms with Crippen molar-refractivity contribution >= 4 is 22.6 Å². The van der Waals surface area contributed by atoms with Crippen LogP contribution in [0, 0.1) is 0 Å². The van der Waals surface area contributed by atoms with Crippen molar-refractivity contribution in [3.05, 3.63) is 28.7 Å². The molecule has 6 nitrogen and oxygen atoms in total. The molecule has 1 amide bonds. The highest BCUT2D eigenvalue weighted by atomic mass is 16.2. The van der Waals surface area contributed by atoms with Crippen LogP contribution in [0.2, 0.25) is 0 Å². The molecule has 90 valence electrons. The molecule has 1 heterocycles. The third-order valence-corrected chi connectivity index (χ3v) is 2.62. The Labute approximate surface area is 97.4 Å². The first kappa shape index (κ1) is 11.4. The van der Waals surface area contributed by atoms with Crippen molar-refractivity contribution in [2.24, 2.45) is 5.73 Å². The fourth-order valence-corrected chi connectivity index (χ4v) is 1.66. The number of fused-ring (bicyclic) bond motifs is 1. The molecule has 1 aromatic carbocycles. The number of carbonyl (C=O) groups excluding carboxylic acids is 1. The molecule has 0 aliphatic heterocycles. The van der Waals surface area contributed by atoms with Gasteiger partial charge in [0.2, 0.25) is 5.91 Å². The number of carbonyl (C=O) groups is 1. The Bertz CT molecular complexity index is 599. The normalized spacial score (nSPS) is 10.7. The van der Waals surface area contributed by atoms with Crippen molar-refractivity contribution in [2.75, 3.05) is 18.5 Å². The number of amides is 1. The van der Waals surface area contributed by atoms with Gasteiger partial charge in [-0.3, -0.25) is 4.79 Å². The molecule has 0 unspecified atom stereocenters. The lowest BCUT2D eigenvalue weighted by Gasteiger charge is -2.16. The number of benzene rings is 1. The molecule has 0 saturated carbocycles. The Kier molecular flexibility index (Phi) is 2.97. The van der Waals surface area contributed by atoms with Gasteiger partial charge in [-0.05, 0) is 18.2 Å². The summed E-state index contributed by atoms with van der Waals surface area (Å²) in [4.78, 5) is 29.6. The van der Waals surface area contributed by atoms with Crippen LogP contribution in [0.5, 0.6) is 0 Å². The van der Waals surface area contributed by atoms with Crippen LogP contribution in [0.15, 0.2) is 23.0 Å². The fourth-order valence-electron chi connectivity index (χ4n) is 1.66. The van der Waals surface area contributed by atoms with E-state index in [4.69, 9.17) is 5.73 Å². The summed E-state index contributed by atoms with van der Waals surface area (Å²) in [6, 6.07) is 5.29. The number of aromatic amines is 2. The van der Waals surface area contributed by atoms with Gasteiger partial charge >= 0.3 is 5.69 Å². The smallest absolute Gasteiger partial charge is 0.323 e. The van der Waals surface area contributed by atoms with Gasteiger partial charge in [-0.15, -0.1) is 0 Å². The number of aromatic nitrogens is 2. The van der Waals surface area contributed by atoms with Crippen molar-refractivity contribution < 1.29 is 4.79 Å². The Morgan fingerprint density at radius 3 is 2.76 bits per heavy atom. The molecule has 1 aromatic heterocycles. The first-order chi connectivity index (χ1) is 8.11. The van der Waals surface area contributed by atoms with E-state index in [1.807, 2.05) is 0 Å². The second-order valence-electron chi connectivity index (χ2n) is 3.80. The molecule has 0 radical (unpaired) electrons. The van der Waals surface area contributed by atoms with Gasteiger partial charge in [0.15, 0.2) is 0 Å². The molecule has 0 bridgehead atoms. The van der Waals surface area contributed by atoms with E-state index in [9.17, 15) is 9.59 Å². The second kappa shape index (κ2) is 4.42. The van der Waals surface area contributed by atoms with E-state index in [-0.39, 0.29) is 11.6 Å². The summed E-state index contributed by atoms with van der Waals surface area (Å²) in [6.45, 7) is 0.326. The number of nitrogens with zero attached hydrogens (tertiary/aromatic N) is 1. The largest absolute Gasteiger partial charge is 0.330 e. The average Bonchev–Trinajstić information content (AvgIpc) is 2.67. The summed E-state index contributed by atoms with van der Waals surface area (Å²) in [6.07, 6.45) is 0.304. The highest BCUT2D eigenvalue weighted by Gasteiger charge is 2.10. The lowest BCUT2D eigenvalue weighted by atomic mass is 10.2. The maximum atomic E-state index is 11.7. The summed E-state index contributed by atoms with van der Waals surface area (Å²) < 4.78 is 0. The Balaban J connectivity index is 2.35. The SMILES string of the molecule is CN(C(=O)CCN)c1ccc2[nH]c(=O)[nH]c2c1. The van der Waals surface area contributed by atoms with Gasteiger partial charge in [0.05, 0.1) is 11.0 Å². The first-order valence-electron chi connectivity index (χ1n) is 5.30. The van der Waals surface area contributed by atoms with E-state index in [1.54, 1.807) is 25.2 Å². The van der Waals surface area contributed by atoms with Crippen molar-refractivity contribution in [3.8, 4) is 0 Å². The van der Waals surface area contributed by atoms with E-state index < -0.39 is 0 Å². The first-order valence-corrected chi connectivity index (χ1v) is 5.30. The minimum atomic E-state index is -0.256. The molecule has 0 saturated heterocycles. The predicted molar refractivity (Wildman–Crippen MR) is 66.0 cm³/mol. The highest BCUT2D eigenvalue weighted by molar-refractivity contribution is 5.94. The minimum absolute atomic E-state index is 0.0512. The van der Waals surface area contributed by atoms with Gasteiger partial charge in [0.1, 0.15) is 0 Å². The molecule has 0 spiro atoms. The van der Waals surface area contributed by atoms with Gasteiger partial charge in [-0.1, -0.05) is 0 Å². The summed E-state index contributed by atoms with van der Waals surface area (Å²) >= 11 is 0. The summed E-state index contributed by atoms with van der Waals surface area (Å²) in [7, 11) is 1.68. The minimum Gasteiger partial charge on any atom is -0.330 e. The second-order valence-corrected chi connectivity index (χ2v) is 3.80. The molecular weight excluding hydrogens is 220 g/mol. The Morgan fingerprint density at radius 1 is 1.35 bits per heavy atom. The van der Waals surface area contributed by atoms with E-state index in [0.717, 1.165) is 11.2 Å². The van der Waals surface area contributed by atoms with E-state index in [1.165, 1.54) is 4.90 Å². The van der Waals surface area contributed by atoms with Gasteiger partial charge < -0.3 is 20.6 Å². The van der Waals surface area contributed by atoms with E-state index in [0.29, 0.717) is 18.5 Å². The molecular formula is C11H14N4O2. The molecule has 17 heavy (non-hydrogen) atoms. The third kappa shape index (κ3) is 2.21. The zero-order valence-corrected chi connectivity index (χ0v) is 9.49. The van der Waals surface area contributed by atoms with Gasteiger partial charge in [0, 0.05) is 25.7 Å². The number of nitrogens with one attached hydrogen (secondary N) is 2. The van der Waals surface area contributed by atoms with Gasteiger partial charge in [-0.2, -0.15) is 0 Å². The standard InChI is InChI=1S/C11H14N4O2/c1-15(10(16)4-5-12)7-2-3-8-9(6-7)14-11(17)13-8/h2-3,6H,4-5,12H2,1H3,(H2,13,14,17). The van der Waals surface area contributed by atoms with Crippen molar-refractivity contribution in [2.45, 2.75) is 6.42 Å². The maximum absolute atomic E-state index is 11.7. The summed E-state index contributed by atoms with van der Waals surface area (Å²) in [5, 5.41) is 0. The zero-order chi connectivity index (χ0) is 12.4. The predicted octanol–water partition coefficient (Wildman–Crippen LogP) is 0.168. The van der Waals surface area contributed by atoms with Crippen LogP contribution in [0.1, 0.15) is 6.42 Å². The van der Waals surface area contributed by atoms with E-state index in [2.05, 4.69) is 9.97 Å². The van der Waals surface area contributed by atoms with Crippen LogP contribution in [0.25, 0.3) is 11.0 Å². The molecule has 0 aliphatic rings. The lowest BCUT2D eigenvalue weighted by Crippen LogP contribution is -2.27. The number of H-pyrrole nitrogens is 2. The van der Waals surface area contributed by atoms with Crippen LogP contribution < -0.4 is 16.3 Å². The molecule has 2 aromatic rings. The lowest BCUT2D eigenvalue weighted by molar-refractivity contribution is -0.118. The van der Waals surface area contributed by atoms with Crippen LogP contribution >= 0.6 is 0 Å². The Morgan fingerprint density at radius 2 is 2.06 bits per heavy atom. The van der Waals surface area contributed by atoms with Crippen LogP contribution in [-0.2, 0) is 4.79 Å². The third-order valence-electron chi connectivity index (χ3n) is 2.62. The number of hydrogen-bond acceptors (Lipinski definition) is 3. The highest BCUT2D eigenvalue weighted by Crippen LogP contribution is 2.18. The number of nitrogens with two attached hydrogens (primary N) is 1. The van der Waals surface area contributed by atoms with Crippen LogP contribution in [0.3, 0.4) is 0 Å². The monoisotopic (exact) mass is 234 g/mol. The number of rotatable bonds is 3. The van der Waals surface area contributed by atoms with Crippen molar-refractivity contribution in [3.63, 3.8) is 0 Å². The number of imidazole rings is 1. The van der Waals surface area contributed by atoms with Gasteiger partial charge in [-0.25, -0.2) is 4.79 Å². The van der Waals surface area contributed by atoms with Gasteiger partial charge in [0.25, 0.3) is 0 Å². The molecule has 0 aliphatic carbocycles. The molecule has 0 fully saturated rings. The fraction of sp³-hybridized carbons (Fsp3) is 0.273. The molecule has 4 N–H and O–H groups in total. The molecule has 6 heteroatoms. The quantitative estimate of drug-likeness (QED) is 0.706. The maximum Gasteiger partial charge on any atom is 0.323 e. The Hall–Kier alpha value is -2.08. The summed E-state index contributed by atoms with van der Waals surface area (Å²) in [5.74, 6) is -0.0512. The number of hydrogen-bond donors (Lipinski definition) is 3. The molecule has 0 atom stereocenters. The van der Waals surface area contributed by atoms with E-state index >= 15 is 0 Å². The zero-order valence-electron chi connectivity index (χ0n) is 9.49. The topological polar surface area (TPSA) is 95.0 Å². The van der Waals surface area contributed by atoms with Crippen molar-refractivity contribution in [1.82, 2.24) is 9.97 Å². The van der Waals surface area contributed by atoms with Crippen LogP contribution in [0.4, 0.5) is 5.69 Å².